The number of para-hydroxylation sites is 1. The predicted molar refractivity (Wildman–Crippen MR) is 96.7 cm³/mol. The van der Waals surface area contributed by atoms with E-state index < -0.39 is 10.0 Å². The second kappa shape index (κ2) is 7.32. The average Bonchev–Trinajstić information content (AvgIpc) is 2.62. The van der Waals surface area contributed by atoms with Crippen LogP contribution in [0.15, 0.2) is 48.7 Å². The lowest BCUT2D eigenvalue weighted by Gasteiger charge is -2.36. The SMILES string of the molecule is Cc1ccccc1N1CCN(S(=O)(=O)CCc2ccccn2)CC1. The number of pyridine rings is 1. The first-order valence-electron chi connectivity index (χ1n) is 8.24. The lowest BCUT2D eigenvalue weighted by atomic mass is 10.1. The molecular weight excluding hydrogens is 322 g/mol. The van der Waals surface area contributed by atoms with Gasteiger partial charge in [-0.2, -0.15) is 4.31 Å². The molecule has 24 heavy (non-hydrogen) atoms. The van der Waals surface area contributed by atoms with Crippen molar-refractivity contribution in [3.05, 3.63) is 59.9 Å². The molecule has 1 aromatic carbocycles. The number of aryl methyl sites for hydroxylation is 2. The van der Waals surface area contributed by atoms with Gasteiger partial charge in [-0.25, -0.2) is 8.42 Å². The number of sulfonamides is 1. The first-order chi connectivity index (χ1) is 11.6. The van der Waals surface area contributed by atoms with Crippen LogP contribution in [0.2, 0.25) is 0 Å². The van der Waals surface area contributed by atoms with E-state index in [1.54, 1.807) is 10.5 Å². The molecule has 5 nitrogen and oxygen atoms in total. The van der Waals surface area contributed by atoms with Crippen LogP contribution in [0.25, 0.3) is 0 Å². The van der Waals surface area contributed by atoms with Crippen molar-refractivity contribution >= 4 is 15.7 Å². The molecule has 0 N–H and O–H groups in total. The van der Waals surface area contributed by atoms with E-state index in [-0.39, 0.29) is 5.75 Å². The summed E-state index contributed by atoms with van der Waals surface area (Å²) in [5.74, 6) is 0.119. The van der Waals surface area contributed by atoms with Crippen LogP contribution in [0.5, 0.6) is 0 Å². The summed E-state index contributed by atoms with van der Waals surface area (Å²) in [6.07, 6.45) is 2.16. The summed E-state index contributed by atoms with van der Waals surface area (Å²) in [4.78, 5) is 6.46. The van der Waals surface area contributed by atoms with Gasteiger partial charge < -0.3 is 4.90 Å². The van der Waals surface area contributed by atoms with E-state index in [0.717, 1.165) is 18.8 Å². The second-order valence-corrected chi connectivity index (χ2v) is 8.15. The topological polar surface area (TPSA) is 53.5 Å². The third-order valence-electron chi connectivity index (χ3n) is 4.43. The van der Waals surface area contributed by atoms with Crippen molar-refractivity contribution in [3.8, 4) is 0 Å². The average molecular weight is 345 g/mol. The fourth-order valence-corrected chi connectivity index (χ4v) is 4.48. The Balaban J connectivity index is 1.58. The molecule has 0 spiro atoms. The predicted octanol–water partition coefficient (Wildman–Crippen LogP) is 2.08. The van der Waals surface area contributed by atoms with Crippen LogP contribution in [-0.2, 0) is 16.4 Å². The number of benzene rings is 1. The lowest BCUT2D eigenvalue weighted by molar-refractivity contribution is 0.384. The van der Waals surface area contributed by atoms with E-state index in [0.29, 0.717) is 19.5 Å². The maximum Gasteiger partial charge on any atom is 0.214 e. The summed E-state index contributed by atoms with van der Waals surface area (Å²) in [7, 11) is -3.23. The van der Waals surface area contributed by atoms with Crippen LogP contribution in [-0.4, -0.2) is 49.6 Å². The summed E-state index contributed by atoms with van der Waals surface area (Å²) < 4.78 is 26.7. The smallest absolute Gasteiger partial charge is 0.214 e. The Morgan fingerprint density at radius 2 is 1.71 bits per heavy atom. The monoisotopic (exact) mass is 345 g/mol. The van der Waals surface area contributed by atoms with Gasteiger partial charge in [0.25, 0.3) is 0 Å². The number of rotatable bonds is 5. The minimum Gasteiger partial charge on any atom is -0.369 e. The van der Waals surface area contributed by atoms with Crippen LogP contribution in [0.1, 0.15) is 11.3 Å². The zero-order chi connectivity index (χ0) is 17.0. The van der Waals surface area contributed by atoms with Gasteiger partial charge in [0.2, 0.25) is 10.0 Å². The Morgan fingerprint density at radius 3 is 2.38 bits per heavy atom. The molecule has 1 saturated heterocycles. The first-order valence-corrected chi connectivity index (χ1v) is 9.85. The molecular formula is C18H23N3O2S. The van der Waals surface area contributed by atoms with Crippen molar-refractivity contribution in [3.63, 3.8) is 0 Å². The normalized spacial score (nSPS) is 16.3. The van der Waals surface area contributed by atoms with Gasteiger partial charge in [0.05, 0.1) is 5.75 Å². The van der Waals surface area contributed by atoms with Gasteiger partial charge in [-0.05, 0) is 30.7 Å². The van der Waals surface area contributed by atoms with Gasteiger partial charge in [-0.1, -0.05) is 24.3 Å². The number of nitrogens with zero attached hydrogens (tertiary/aromatic N) is 3. The van der Waals surface area contributed by atoms with Crippen LogP contribution >= 0.6 is 0 Å². The van der Waals surface area contributed by atoms with Gasteiger partial charge in [0.1, 0.15) is 0 Å². The van der Waals surface area contributed by atoms with E-state index in [1.807, 2.05) is 30.3 Å². The zero-order valence-corrected chi connectivity index (χ0v) is 14.7. The molecule has 128 valence electrons. The molecule has 2 heterocycles. The molecule has 0 atom stereocenters. The summed E-state index contributed by atoms with van der Waals surface area (Å²) in [6, 6.07) is 13.8. The van der Waals surface area contributed by atoms with E-state index in [1.165, 1.54) is 11.3 Å². The summed E-state index contributed by atoms with van der Waals surface area (Å²) in [5, 5.41) is 0. The maximum absolute atomic E-state index is 12.5. The minimum atomic E-state index is -3.23. The molecule has 0 amide bonds. The highest BCUT2D eigenvalue weighted by Gasteiger charge is 2.27. The molecule has 0 radical (unpaired) electrons. The molecule has 0 unspecified atom stereocenters. The standard InChI is InChI=1S/C18H23N3O2S/c1-16-6-2-3-8-18(16)20-11-13-21(14-12-20)24(22,23)15-9-17-7-4-5-10-19-17/h2-8,10H,9,11-15H2,1H3. The van der Waals surface area contributed by atoms with Crippen molar-refractivity contribution in [2.45, 2.75) is 13.3 Å². The molecule has 1 fully saturated rings. The Labute approximate surface area is 144 Å². The van der Waals surface area contributed by atoms with Gasteiger partial charge >= 0.3 is 0 Å². The van der Waals surface area contributed by atoms with Gasteiger partial charge in [-0.3, -0.25) is 4.98 Å². The van der Waals surface area contributed by atoms with E-state index >= 15 is 0 Å². The van der Waals surface area contributed by atoms with Crippen LogP contribution in [0.4, 0.5) is 5.69 Å². The Hall–Kier alpha value is -1.92. The minimum absolute atomic E-state index is 0.119. The summed E-state index contributed by atoms with van der Waals surface area (Å²) >= 11 is 0. The molecule has 2 aromatic rings. The highest BCUT2D eigenvalue weighted by atomic mass is 32.2. The summed E-state index contributed by atoms with van der Waals surface area (Å²) in [5.41, 5.74) is 3.24. The highest BCUT2D eigenvalue weighted by molar-refractivity contribution is 7.89. The Bertz CT molecular complexity index is 770. The molecule has 1 aliphatic rings. The van der Waals surface area contributed by atoms with E-state index in [2.05, 4.69) is 28.9 Å². The molecule has 1 aromatic heterocycles. The molecule has 3 rings (SSSR count). The number of piperazine rings is 1. The molecule has 1 aliphatic heterocycles. The second-order valence-electron chi connectivity index (χ2n) is 6.06. The largest absolute Gasteiger partial charge is 0.369 e. The molecule has 0 saturated carbocycles. The first kappa shape index (κ1) is 16.9. The van der Waals surface area contributed by atoms with Crippen molar-refractivity contribution in [1.29, 1.82) is 0 Å². The lowest BCUT2D eigenvalue weighted by Crippen LogP contribution is -2.49. The third-order valence-corrected chi connectivity index (χ3v) is 6.30. The molecule has 0 aliphatic carbocycles. The number of anilines is 1. The number of aromatic nitrogens is 1. The highest BCUT2D eigenvalue weighted by Crippen LogP contribution is 2.21. The van der Waals surface area contributed by atoms with Crippen LogP contribution < -0.4 is 4.90 Å². The Morgan fingerprint density at radius 1 is 1.00 bits per heavy atom. The number of hydrogen-bond acceptors (Lipinski definition) is 4. The van der Waals surface area contributed by atoms with E-state index in [9.17, 15) is 8.42 Å². The zero-order valence-electron chi connectivity index (χ0n) is 13.9. The summed E-state index contributed by atoms with van der Waals surface area (Å²) in [6.45, 7) is 4.63. The Kier molecular flexibility index (Phi) is 5.16. The fourth-order valence-electron chi connectivity index (χ4n) is 3.03. The number of hydrogen-bond donors (Lipinski definition) is 0. The van der Waals surface area contributed by atoms with Gasteiger partial charge in [-0.15, -0.1) is 0 Å². The van der Waals surface area contributed by atoms with Crippen molar-refractivity contribution in [2.24, 2.45) is 0 Å². The van der Waals surface area contributed by atoms with Gasteiger partial charge in [0.15, 0.2) is 0 Å². The van der Waals surface area contributed by atoms with Crippen molar-refractivity contribution in [1.82, 2.24) is 9.29 Å². The van der Waals surface area contributed by atoms with Crippen LogP contribution in [0, 0.1) is 6.92 Å². The maximum atomic E-state index is 12.5. The third kappa shape index (κ3) is 3.94. The fraction of sp³-hybridized carbons (Fsp3) is 0.389. The van der Waals surface area contributed by atoms with Gasteiger partial charge in [0, 0.05) is 50.2 Å². The van der Waals surface area contributed by atoms with Crippen LogP contribution in [0.3, 0.4) is 0 Å². The molecule has 0 bridgehead atoms. The van der Waals surface area contributed by atoms with Crippen molar-refractivity contribution < 1.29 is 8.42 Å². The molecule has 6 heteroatoms. The quantitative estimate of drug-likeness (QED) is 0.833. The van der Waals surface area contributed by atoms with Crippen molar-refractivity contribution in [2.75, 3.05) is 36.8 Å². The van der Waals surface area contributed by atoms with E-state index in [4.69, 9.17) is 0 Å².